The Kier molecular flexibility index (Phi) is 8.00. The third kappa shape index (κ3) is 7.33. The molecule has 2 N–H and O–H groups in total. The summed E-state index contributed by atoms with van der Waals surface area (Å²) >= 11 is 0. The molecule has 126 valence electrons. The molecule has 5 nitrogen and oxygen atoms in total. The third-order valence-corrected chi connectivity index (χ3v) is 3.39. The fraction of sp³-hybridized carbons (Fsp3) is 0.647. The first-order valence-electron chi connectivity index (χ1n) is 7.49. The molecule has 2 unspecified atom stereocenters. The van der Waals surface area contributed by atoms with Gasteiger partial charge in [-0.2, -0.15) is 0 Å². The van der Waals surface area contributed by atoms with Crippen LogP contribution in [0.1, 0.15) is 25.8 Å². The van der Waals surface area contributed by atoms with E-state index in [4.69, 9.17) is 14.2 Å². The van der Waals surface area contributed by atoms with Crippen LogP contribution in [0.2, 0.25) is 0 Å². The maximum Gasteiger partial charge on any atom is 0.182 e. The molecular weight excluding hydrogens is 284 g/mol. The maximum absolute atomic E-state index is 10.2. The molecule has 0 aliphatic carbocycles. The van der Waals surface area contributed by atoms with Gasteiger partial charge in [-0.15, -0.1) is 0 Å². The molecule has 0 aromatic heterocycles. The van der Waals surface area contributed by atoms with Crippen molar-refractivity contribution in [1.82, 2.24) is 0 Å². The van der Waals surface area contributed by atoms with Gasteiger partial charge in [0.15, 0.2) is 12.1 Å². The van der Waals surface area contributed by atoms with Crippen LogP contribution in [0.25, 0.3) is 0 Å². The normalized spacial score (nSPS) is 15.0. The summed E-state index contributed by atoms with van der Waals surface area (Å²) < 4.78 is 15.7. The van der Waals surface area contributed by atoms with E-state index in [1.807, 2.05) is 30.3 Å². The summed E-state index contributed by atoms with van der Waals surface area (Å²) in [6.07, 6.45) is -0.222. The van der Waals surface area contributed by atoms with E-state index in [1.54, 1.807) is 13.8 Å². The standard InChI is InChI=1S/C17H28O5/c1-17(2,19)22-12-14(10-13-8-6-5-7-9-13)11-15(18)16(20-3)21-4/h5-9,14-16,18-19H,10-12H2,1-4H3. The van der Waals surface area contributed by atoms with Crippen molar-refractivity contribution in [2.45, 2.75) is 44.9 Å². The second kappa shape index (κ2) is 9.22. The number of methoxy groups -OCH3 is 2. The quantitative estimate of drug-likeness (QED) is 0.646. The molecule has 0 bridgehead atoms. The van der Waals surface area contributed by atoms with Gasteiger partial charge in [0, 0.05) is 14.2 Å². The summed E-state index contributed by atoms with van der Waals surface area (Å²) in [4.78, 5) is 0. The van der Waals surface area contributed by atoms with Gasteiger partial charge < -0.3 is 24.4 Å². The van der Waals surface area contributed by atoms with Crippen molar-refractivity contribution < 1.29 is 24.4 Å². The molecule has 1 rings (SSSR count). The van der Waals surface area contributed by atoms with E-state index in [0.717, 1.165) is 12.0 Å². The molecule has 0 spiro atoms. The largest absolute Gasteiger partial charge is 0.388 e. The lowest BCUT2D eigenvalue weighted by Gasteiger charge is -2.27. The second-order valence-corrected chi connectivity index (χ2v) is 5.96. The van der Waals surface area contributed by atoms with Crippen molar-refractivity contribution in [3.8, 4) is 0 Å². The summed E-state index contributed by atoms with van der Waals surface area (Å²) in [6, 6.07) is 9.99. The predicted octanol–water partition coefficient (Wildman–Crippen LogP) is 1.96. The van der Waals surface area contributed by atoms with Gasteiger partial charge in [-0.3, -0.25) is 0 Å². The highest BCUT2D eigenvalue weighted by molar-refractivity contribution is 5.15. The van der Waals surface area contributed by atoms with Crippen LogP contribution >= 0.6 is 0 Å². The molecule has 0 heterocycles. The molecule has 0 saturated heterocycles. The summed E-state index contributed by atoms with van der Waals surface area (Å²) in [6.45, 7) is 3.53. The summed E-state index contributed by atoms with van der Waals surface area (Å²) in [5, 5.41) is 20.0. The van der Waals surface area contributed by atoms with Crippen molar-refractivity contribution in [3.63, 3.8) is 0 Å². The minimum absolute atomic E-state index is 0.0385. The minimum atomic E-state index is -1.19. The highest BCUT2D eigenvalue weighted by atomic mass is 16.7. The zero-order valence-corrected chi connectivity index (χ0v) is 13.9. The van der Waals surface area contributed by atoms with Gasteiger partial charge in [0.05, 0.1) is 6.61 Å². The Labute approximate surface area is 132 Å². The molecule has 22 heavy (non-hydrogen) atoms. The van der Waals surface area contributed by atoms with Crippen molar-refractivity contribution in [1.29, 1.82) is 0 Å². The van der Waals surface area contributed by atoms with E-state index in [0.29, 0.717) is 13.0 Å². The molecule has 0 amide bonds. The third-order valence-electron chi connectivity index (χ3n) is 3.39. The van der Waals surface area contributed by atoms with Crippen LogP contribution in [0.15, 0.2) is 30.3 Å². The van der Waals surface area contributed by atoms with Gasteiger partial charge in [0.2, 0.25) is 0 Å². The van der Waals surface area contributed by atoms with Crippen molar-refractivity contribution in [2.24, 2.45) is 5.92 Å². The number of hydrogen-bond donors (Lipinski definition) is 2. The van der Waals surface area contributed by atoms with E-state index in [9.17, 15) is 10.2 Å². The number of aliphatic hydroxyl groups is 2. The average Bonchev–Trinajstić information content (AvgIpc) is 2.46. The van der Waals surface area contributed by atoms with Gasteiger partial charge >= 0.3 is 0 Å². The molecule has 0 radical (unpaired) electrons. The lowest BCUT2D eigenvalue weighted by molar-refractivity contribution is -0.193. The van der Waals surface area contributed by atoms with Crippen molar-refractivity contribution in [3.05, 3.63) is 35.9 Å². The summed E-state index contributed by atoms with van der Waals surface area (Å²) in [7, 11) is 2.99. The molecule has 5 heteroatoms. The number of benzene rings is 1. The summed E-state index contributed by atoms with van der Waals surface area (Å²) in [5.41, 5.74) is 1.16. The van der Waals surface area contributed by atoms with Gasteiger partial charge in [0.1, 0.15) is 6.10 Å². The fourth-order valence-electron chi connectivity index (χ4n) is 2.34. The van der Waals surface area contributed by atoms with Crippen LogP contribution in [0.5, 0.6) is 0 Å². The molecule has 0 fully saturated rings. The van der Waals surface area contributed by atoms with Gasteiger partial charge in [-0.1, -0.05) is 30.3 Å². The average molecular weight is 312 g/mol. The van der Waals surface area contributed by atoms with Gasteiger partial charge in [-0.25, -0.2) is 0 Å². The fourth-order valence-corrected chi connectivity index (χ4v) is 2.34. The van der Waals surface area contributed by atoms with Crippen LogP contribution < -0.4 is 0 Å². The van der Waals surface area contributed by atoms with Gasteiger partial charge in [0.25, 0.3) is 0 Å². The van der Waals surface area contributed by atoms with E-state index < -0.39 is 18.2 Å². The van der Waals surface area contributed by atoms with Crippen LogP contribution in [0, 0.1) is 5.92 Å². The smallest absolute Gasteiger partial charge is 0.182 e. The summed E-state index contributed by atoms with van der Waals surface area (Å²) in [5.74, 6) is -1.15. The van der Waals surface area contributed by atoms with Crippen molar-refractivity contribution >= 4 is 0 Å². The van der Waals surface area contributed by atoms with Crippen LogP contribution in [0.3, 0.4) is 0 Å². The minimum Gasteiger partial charge on any atom is -0.388 e. The Morgan fingerprint density at radius 3 is 2.18 bits per heavy atom. The molecule has 1 aromatic carbocycles. The van der Waals surface area contributed by atoms with Crippen LogP contribution in [0.4, 0.5) is 0 Å². The number of hydrogen-bond acceptors (Lipinski definition) is 5. The first kappa shape index (κ1) is 19.1. The Hall–Kier alpha value is -0.980. The Morgan fingerprint density at radius 1 is 1.09 bits per heavy atom. The molecular formula is C17H28O5. The van der Waals surface area contributed by atoms with Crippen LogP contribution in [-0.4, -0.2) is 49.2 Å². The predicted molar refractivity (Wildman–Crippen MR) is 84.3 cm³/mol. The highest BCUT2D eigenvalue weighted by Gasteiger charge is 2.25. The maximum atomic E-state index is 10.2. The number of ether oxygens (including phenoxy) is 3. The van der Waals surface area contributed by atoms with Crippen LogP contribution in [-0.2, 0) is 20.6 Å². The first-order chi connectivity index (χ1) is 10.4. The van der Waals surface area contributed by atoms with E-state index >= 15 is 0 Å². The van der Waals surface area contributed by atoms with E-state index in [-0.39, 0.29) is 5.92 Å². The highest BCUT2D eigenvalue weighted by Crippen LogP contribution is 2.19. The molecule has 2 atom stereocenters. The second-order valence-electron chi connectivity index (χ2n) is 5.96. The SMILES string of the molecule is COC(OC)C(O)CC(COC(C)(C)O)Cc1ccccc1. The van der Waals surface area contributed by atoms with E-state index in [1.165, 1.54) is 14.2 Å². The number of rotatable bonds is 10. The molecule has 0 saturated carbocycles. The van der Waals surface area contributed by atoms with Crippen molar-refractivity contribution in [2.75, 3.05) is 20.8 Å². The molecule has 1 aromatic rings. The van der Waals surface area contributed by atoms with Gasteiger partial charge in [-0.05, 0) is 38.2 Å². The zero-order valence-electron chi connectivity index (χ0n) is 13.9. The number of aliphatic hydroxyl groups excluding tert-OH is 1. The lowest BCUT2D eigenvalue weighted by Crippen LogP contribution is -2.34. The molecule has 0 aliphatic rings. The lowest BCUT2D eigenvalue weighted by atomic mass is 9.94. The monoisotopic (exact) mass is 312 g/mol. The zero-order chi connectivity index (χ0) is 16.6. The molecule has 0 aliphatic heterocycles. The Bertz CT molecular complexity index is 397. The Balaban J connectivity index is 2.68. The topological polar surface area (TPSA) is 68.2 Å². The Morgan fingerprint density at radius 2 is 1.68 bits per heavy atom. The first-order valence-corrected chi connectivity index (χ1v) is 7.49. The van der Waals surface area contributed by atoms with E-state index in [2.05, 4.69) is 0 Å².